The summed E-state index contributed by atoms with van der Waals surface area (Å²) in [6, 6.07) is 14.2. The van der Waals surface area contributed by atoms with Gasteiger partial charge in [0.05, 0.1) is 31.2 Å². The molecular weight excluding hydrogens is 510 g/mol. The fourth-order valence-corrected chi connectivity index (χ4v) is 4.92. The number of nitrogen functional groups attached to an aromatic ring is 1. The van der Waals surface area contributed by atoms with E-state index in [2.05, 4.69) is 10.4 Å². The molecule has 3 aromatic rings. The average molecular weight is 550 g/mol. The number of aromatic nitrogens is 2. The number of nitrogens with zero attached hydrogens (tertiary/aromatic N) is 2. The highest BCUT2D eigenvalue weighted by Crippen LogP contribution is 2.37. The number of ether oxygens (including phenoxy) is 2. The molecule has 10 nitrogen and oxygen atoms in total. The summed E-state index contributed by atoms with van der Waals surface area (Å²) in [5.74, 6) is -0.679. The lowest BCUT2D eigenvalue weighted by Gasteiger charge is -2.28. The smallest absolute Gasteiger partial charge is 0.308 e. The number of carbonyl (C=O) groups excluding carboxylic acids is 3. The summed E-state index contributed by atoms with van der Waals surface area (Å²) in [6.45, 7) is 6.42. The van der Waals surface area contributed by atoms with Crippen LogP contribution in [0.3, 0.4) is 0 Å². The molecule has 1 aliphatic carbocycles. The first-order chi connectivity index (χ1) is 19.3. The molecule has 0 spiro atoms. The lowest BCUT2D eigenvalue weighted by atomic mass is 9.86. The number of nitrogens with two attached hydrogens (primary N) is 2. The molecule has 1 aromatic heterocycles. The first-order valence-electron chi connectivity index (χ1n) is 13.7. The van der Waals surface area contributed by atoms with Crippen LogP contribution in [0, 0.1) is 5.92 Å². The molecule has 2 aromatic carbocycles. The standard InChI is InChI=1S/C28H33N5O5.C2H6/c1-3-38-28(36)19-7-6-8-20(15-19)33-25(29)23(26(30)34)24(32-33)18-13-11-17(12-14-18)16-31-27(35)21-9-4-5-10-22(21)37-2;1-2/h4-5,9-14,19-20H,3,6-8,15-16,29H2,1-2H3,(H2,30,34)(H,31,35);1-2H3. The van der Waals surface area contributed by atoms with Gasteiger partial charge in [-0.15, -0.1) is 0 Å². The zero-order valence-electron chi connectivity index (χ0n) is 23.6. The minimum absolute atomic E-state index is 0.144. The molecule has 4 rings (SSSR count). The maximum Gasteiger partial charge on any atom is 0.308 e. The topological polar surface area (TPSA) is 152 Å². The number of methoxy groups -OCH3 is 1. The fourth-order valence-electron chi connectivity index (χ4n) is 4.92. The minimum atomic E-state index is -0.672. The number of carbonyl (C=O) groups is 3. The molecule has 1 saturated carbocycles. The average Bonchev–Trinajstić information content (AvgIpc) is 3.34. The van der Waals surface area contributed by atoms with Gasteiger partial charge in [0, 0.05) is 12.1 Å². The van der Waals surface area contributed by atoms with Crippen LogP contribution in [-0.2, 0) is 16.1 Å². The summed E-state index contributed by atoms with van der Waals surface area (Å²) in [5.41, 5.74) is 14.6. The Bertz CT molecular complexity index is 1320. The number of hydrogen-bond donors (Lipinski definition) is 3. The summed E-state index contributed by atoms with van der Waals surface area (Å²) in [7, 11) is 1.52. The van der Waals surface area contributed by atoms with E-state index in [0.717, 1.165) is 24.8 Å². The van der Waals surface area contributed by atoms with Gasteiger partial charge in [0.15, 0.2) is 0 Å². The zero-order valence-corrected chi connectivity index (χ0v) is 23.6. The molecule has 10 heteroatoms. The van der Waals surface area contributed by atoms with E-state index in [9.17, 15) is 14.4 Å². The van der Waals surface area contributed by atoms with Gasteiger partial charge in [0.25, 0.3) is 11.8 Å². The second kappa shape index (κ2) is 14.2. The van der Waals surface area contributed by atoms with E-state index in [1.54, 1.807) is 35.9 Å². The van der Waals surface area contributed by atoms with Crippen molar-refractivity contribution < 1.29 is 23.9 Å². The molecule has 0 radical (unpaired) electrons. The van der Waals surface area contributed by atoms with Gasteiger partial charge in [0.2, 0.25) is 0 Å². The monoisotopic (exact) mass is 549 g/mol. The lowest BCUT2D eigenvalue weighted by Crippen LogP contribution is -2.27. The van der Waals surface area contributed by atoms with E-state index in [1.165, 1.54) is 7.11 Å². The van der Waals surface area contributed by atoms with Crippen molar-refractivity contribution in [2.24, 2.45) is 11.7 Å². The van der Waals surface area contributed by atoms with Crippen molar-refractivity contribution >= 4 is 23.6 Å². The molecule has 5 N–H and O–H groups in total. The Morgan fingerprint density at radius 1 is 1.07 bits per heavy atom. The number of para-hydroxylation sites is 1. The van der Waals surface area contributed by atoms with Crippen LogP contribution in [0.25, 0.3) is 11.3 Å². The van der Waals surface area contributed by atoms with Crippen molar-refractivity contribution in [3.63, 3.8) is 0 Å². The van der Waals surface area contributed by atoms with E-state index < -0.39 is 5.91 Å². The van der Waals surface area contributed by atoms with Crippen LogP contribution in [0.5, 0.6) is 5.75 Å². The van der Waals surface area contributed by atoms with Crippen LogP contribution < -0.4 is 21.5 Å². The number of primary amides is 1. The van der Waals surface area contributed by atoms with Gasteiger partial charge in [-0.05, 0) is 43.9 Å². The van der Waals surface area contributed by atoms with Crippen LogP contribution >= 0.6 is 0 Å². The molecule has 0 bridgehead atoms. The van der Waals surface area contributed by atoms with Crippen molar-refractivity contribution in [1.82, 2.24) is 15.1 Å². The predicted molar refractivity (Wildman–Crippen MR) is 154 cm³/mol. The quantitative estimate of drug-likeness (QED) is 0.333. The molecule has 1 fully saturated rings. The summed E-state index contributed by atoms with van der Waals surface area (Å²) < 4.78 is 12.1. The molecule has 40 heavy (non-hydrogen) atoms. The maximum absolute atomic E-state index is 12.6. The third-order valence-electron chi connectivity index (χ3n) is 6.84. The molecule has 2 unspecified atom stereocenters. The minimum Gasteiger partial charge on any atom is -0.496 e. The highest BCUT2D eigenvalue weighted by atomic mass is 16.5. The molecule has 0 saturated heterocycles. The van der Waals surface area contributed by atoms with Crippen molar-refractivity contribution in [2.45, 2.75) is 59.0 Å². The second-order valence-corrected chi connectivity index (χ2v) is 9.27. The first-order valence-corrected chi connectivity index (χ1v) is 13.7. The second-order valence-electron chi connectivity index (χ2n) is 9.27. The number of anilines is 1. The molecule has 1 aliphatic rings. The largest absolute Gasteiger partial charge is 0.496 e. The molecule has 214 valence electrons. The van der Waals surface area contributed by atoms with Crippen molar-refractivity contribution in [2.75, 3.05) is 19.5 Å². The number of rotatable bonds is 9. The van der Waals surface area contributed by atoms with Gasteiger partial charge >= 0.3 is 5.97 Å². The summed E-state index contributed by atoms with van der Waals surface area (Å²) in [5, 5.41) is 7.57. The number of hydrogen-bond acceptors (Lipinski definition) is 7. The lowest BCUT2D eigenvalue weighted by molar-refractivity contribution is -0.149. The molecule has 2 atom stereocenters. The molecule has 2 amide bonds. The van der Waals surface area contributed by atoms with Gasteiger partial charge in [-0.3, -0.25) is 14.4 Å². The number of nitrogens with one attached hydrogen (secondary N) is 1. The van der Waals surface area contributed by atoms with Crippen molar-refractivity contribution in [3.8, 4) is 17.0 Å². The summed E-state index contributed by atoms with van der Waals surface area (Å²) >= 11 is 0. The third-order valence-corrected chi connectivity index (χ3v) is 6.84. The van der Waals surface area contributed by atoms with Crippen LogP contribution in [0.15, 0.2) is 48.5 Å². The Kier molecular flexibility index (Phi) is 10.7. The van der Waals surface area contributed by atoms with E-state index in [4.69, 9.17) is 20.9 Å². The van der Waals surface area contributed by atoms with Gasteiger partial charge < -0.3 is 26.3 Å². The van der Waals surface area contributed by atoms with Gasteiger partial charge in [-0.25, -0.2) is 4.68 Å². The summed E-state index contributed by atoms with van der Waals surface area (Å²) in [4.78, 5) is 37.3. The van der Waals surface area contributed by atoms with Gasteiger partial charge in [-0.1, -0.05) is 56.7 Å². The highest BCUT2D eigenvalue weighted by Gasteiger charge is 2.32. The number of amides is 2. The van der Waals surface area contributed by atoms with Gasteiger partial charge in [0.1, 0.15) is 22.8 Å². The third kappa shape index (κ3) is 6.80. The Morgan fingerprint density at radius 2 is 1.77 bits per heavy atom. The number of benzene rings is 2. The van der Waals surface area contributed by atoms with Crippen LogP contribution in [-0.4, -0.2) is 41.3 Å². The van der Waals surface area contributed by atoms with Crippen molar-refractivity contribution in [3.05, 3.63) is 65.2 Å². The molecular formula is C30H39N5O5. The number of esters is 1. The van der Waals surface area contributed by atoms with E-state index in [-0.39, 0.29) is 35.2 Å². The Balaban J connectivity index is 0.00000216. The van der Waals surface area contributed by atoms with Crippen LogP contribution in [0.1, 0.15) is 78.8 Å². The fraction of sp³-hybridized carbons (Fsp3) is 0.400. The normalized spacial score (nSPS) is 16.3. The van der Waals surface area contributed by atoms with Crippen molar-refractivity contribution in [1.29, 1.82) is 0 Å². The maximum atomic E-state index is 12.6. The Hall–Kier alpha value is -4.34. The first kappa shape index (κ1) is 30.2. The highest BCUT2D eigenvalue weighted by molar-refractivity contribution is 6.03. The molecule has 1 heterocycles. The Labute approximate surface area is 235 Å². The van der Waals surface area contributed by atoms with Gasteiger partial charge in [-0.2, -0.15) is 5.10 Å². The van der Waals surface area contributed by atoms with Crippen LogP contribution in [0.2, 0.25) is 0 Å². The zero-order chi connectivity index (χ0) is 29.2. The van der Waals surface area contributed by atoms with E-state index in [1.807, 2.05) is 38.1 Å². The summed E-state index contributed by atoms with van der Waals surface area (Å²) in [6.07, 6.45) is 2.89. The SMILES string of the molecule is CC.CCOC(=O)C1CCCC(n2nc(-c3ccc(CNC(=O)c4ccccc4OC)cc3)c(C(N)=O)c2N)C1. The van der Waals surface area contributed by atoms with E-state index in [0.29, 0.717) is 42.1 Å². The van der Waals surface area contributed by atoms with Crippen LogP contribution in [0.4, 0.5) is 5.82 Å². The Morgan fingerprint density at radius 3 is 2.42 bits per heavy atom. The molecule has 0 aliphatic heterocycles. The predicted octanol–water partition coefficient (Wildman–Crippen LogP) is 4.49. The van der Waals surface area contributed by atoms with E-state index >= 15 is 0 Å².